The van der Waals surface area contributed by atoms with Gasteiger partial charge >= 0.3 is 0 Å². The second kappa shape index (κ2) is 8.59. The zero-order valence-electron chi connectivity index (χ0n) is 17.1. The standard InChI is InChI=1S/C23H25NO6/c1-4-30-18-11-16(9-10-17(18)26)20-19(21(27)15-7-5-13(2)6-8-15)22(28)23(29)24(20)12-14(3)25/h5-11,14,20,25-27H,4,12H2,1-3H3. The number of amides is 1. The monoisotopic (exact) mass is 411 g/mol. The average Bonchev–Trinajstić information content (AvgIpc) is 2.94. The van der Waals surface area contributed by atoms with Crippen molar-refractivity contribution in [3.63, 3.8) is 0 Å². The number of rotatable bonds is 6. The van der Waals surface area contributed by atoms with Gasteiger partial charge in [-0.15, -0.1) is 0 Å². The van der Waals surface area contributed by atoms with Crippen molar-refractivity contribution in [3.05, 3.63) is 64.7 Å². The maximum Gasteiger partial charge on any atom is 0.295 e. The number of phenolic OH excluding ortho intramolecular Hbond substituents is 1. The number of β-amino-alcohol motifs (C(OH)–C–C–N with tert-alkyl or cyclic N) is 1. The molecule has 0 aromatic heterocycles. The SMILES string of the molecule is CCOc1cc(C2C(=C(O)c3ccc(C)cc3)C(=O)C(=O)N2CC(C)O)ccc1O. The van der Waals surface area contributed by atoms with E-state index in [1.165, 1.54) is 24.0 Å². The summed E-state index contributed by atoms with van der Waals surface area (Å²) in [7, 11) is 0. The van der Waals surface area contributed by atoms with E-state index in [1.807, 2.05) is 6.92 Å². The van der Waals surface area contributed by atoms with Crippen LogP contribution < -0.4 is 4.74 Å². The van der Waals surface area contributed by atoms with Crippen molar-refractivity contribution in [1.29, 1.82) is 0 Å². The van der Waals surface area contributed by atoms with Crippen molar-refractivity contribution >= 4 is 17.4 Å². The molecule has 1 heterocycles. The molecule has 0 aliphatic carbocycles. The maximum atomic E-state index is 12.9. The topological polar surface area (TPSA) is 107 Å². The van der Waals surface area contributed by atoms with E-state index in [1.54, 1.807) is 37.3 Å². The molecule has 2 atom stereocenters. The average molecular weight is 411 g/mol. The van der Waals surface area contributed by atoms with Crippen molar-refractivity contribution in [2.75, 3.05) is 13.2 Å². The summed E-state index contributed by atoms with van der Waals surface area (Å²) in [5, 5.41) is 30.9. The van der Waals surface area contributed by atoms with Crippen molar-refractivity contribution in [2.24, 2.45) is 0 Å². The lowest BCUT2D eigenvalue weighted by atomic mass is 9.94. The molecule has 3 rings (SSSR count). The Morgan fingerprint density at radius 3 is 2.43 bits per heavy atom. The van der Waals surface area contributed by atoms with E-state index < -0.39 is 23.8 Å². The third kappa shape index (κ3) is 4.02. The molecule has 7 heteroatoms. The smallest absolute Gasteiger partial charge is 0.295 e. The molecule has 1 amide bonds. The Morgan fingerprint density at radius 2 is 1.83 bits per heavy atom. The lowest BCUT2D eigenvalue weighted by Crippen LogP contribution is -2.35. The van der Waals surface area contributed by atoms with Crippen LogP contribution in [0.25, 0.3) is 5.76 Å². The number of likely N-dealkylation sites (tertiary alicyclic amines) is 1. The number of aromatic hydroxyl groups is 1. The molecule has 1 fully saturated rings. The number of hydrogen-bond donors (Lipinski definition) is 3. The number of hydrogen-bond acceptors (Lipinski definition) is 6. The number of ether oxygens (including phenoxy) is 1. The van der Waals surface area contributed by atoms with E-state index in [0.717, 1.165) is 5.56 Å². The Kier molecular flexibility index (Phi) is 6.12. The van der Waals surface area contributed by atoms with Crippen LogP contribution in [-0.4, -0.2) is 51.2 Å². The minimum atomic E-state index is -0.930. The van der Waals surface area contributed by atoms with Gasteiger partial charge < -0.3 is 25.0 Å². The van der Waals surface area contributed by atoms with Crippen LogP contribution in [0.1, 0.15) is 36.6 Å². The molecule has 2 unspecified atom stereocenters. The van der Waals surface area contributed by atoms with E-state index >= 15 is 0 Å². The van der Waals surface area contributed by atoms with Crippen LogP contribution in [0.15, 0.2) is 48.0 Å². The summed E-state index contributed by atoms with van der Waals surface area (Å²) in [6, 6.07) is 10.5. The predicted octanol–water partition coefficient (Wildman–Crippen LogP) is 2.90. The van der Waals surface area contributed by atoms with Gasteiger partial charge in [0.1, 0.15) is 5.76 Å². The molecule has 0 spiro atoms. The zero-order chi connectivity index (χ0) is 22.0. The van der Waals surface area contributed by atoms with Crippen LogP contribution in [0.3, 0.4) is 0 Å². The van der Waals surface area contributed by atoms with E-state index in [2.05, 4.69) is 0 Å². The summed E-state index contributed by atoms with van der Waals surface area (Å²) in [6.07, 6.45) is -0.881. The van der Waals surface area contributed by atoms with Crippen molar-refractivity contribution in [2.45, 2.75) is 32.9 Å². The molecule has 158 valence electrons. The molecule has 0 radical (unpaired) electrons. The van der Waals surface area contributed by atoms with Gasteiger partial charge in [-0.05, 0) is 38.5 Å². The minimum absolute atomic E-state index is 0.0716. The molecule has 0 saturated carbocycles. The summed E-state index contributed by atoms with van der Waals surface area (Å²) < 4.78 is 5.43. The van der Waals surface area contributed by atoms with E-state index in [-0.39, 0.29) is 29.4 Å². The van der Waals surface area contributed by atoms with Crippen molar-refractivity contribution in [1.82, 2.24) is 4.90 Å². The Bertz CT molecular complexity index is 993. The second-order valence-corrected chi connectivity index (χ2v) is 7.33. The number of Topliss-reactive ketones (excluding diaryl/α,β-unsaturated/α-hetero) is 1. The molecule has 1 aliphatic rings. The van der Waals surface area contributed by atoms with E-state index in [4.69, 9.17) is 4.74 Å². The van der Waals surface area contributed by atoms with Crippen LogP contribution in [0.4, 0.5) is 0 Å². The molecular weight excluding hydrogens is 386 g/mol. The van der Waals surface area contributed by atoms with Crippen LogP contribution in [0.5, 0.6) is 11.5 Å². The fraction of sp³-hybridized carbons (Fsp3) is 0.304. The Hall–Kier alpha value is -3.32. The molecule has 3 N–H and O–H groups in total. The molecule has 30 heavy (non-hydrogen) atoms. The lowest BCUT2D eigenvalue weighted by Gasteiger charge is -2.26. The Labute approximate surface area is 174 Å². The lowest BCUT2D eigenvalue weighted by molar-refractivity contribution is -0.140. The fourth-order valence-corrected chi connectivity index (χ4v) is 3.54. The number of aliphatic hydroxyl groups is 2. The van der Waals surface area contributed by atoms with Crippen LogP contribution in [0, 0.1) is 6.92 Å². The number of ketones is 1. The van der Waals surface area contributed by atoms with Gasteiger partial charge in [0.15, 0.2) is 11.5 Å². The molecule has 1 aliphatic heterocycles. The first-order valence-corrected chi connectivity index (χ1v) is 9.73. The summed E-state index contributed by atoms with van der Waals surface area (Å²) in [4.78, 5) is 26.8. The number of aryl methyl sites for hydroxylation is 1. The highest BCUT2D eigenvalue weighted by Crippen LogP contribution is 2.41. The van der Waals surface area contributed by atoms with Gasteiger partial charge in [0.25, 0.3) is 11.7 Å². The molecule has 2 aromatic rings. The largest absolute Gasteiger partial charge is 0.507 e. The van der Waals surface area contributed by atoms with Gasteiger partial charge in [0.05, 0.1) is 24.3 Å². The fourth-order valence-electron chi connectivity index (χ4n) is 3.54. The van der Waals surface area contributed by atoms with Crippen molar-refractivity contribution < 1.29 is 29.6 Å². The third-order valence-corrected chi connectivity index (χ3v) is 4.93. The maximum absolute atomic E-state index is 12.9. The summed E-state index contributed by atoms with van der Waals surface area (Å²) in [5.41, 5.74) is 1.80. The highest BCUT2D eigenvalue weighted by Gasteiger charge is 2.46. The highest BCUT2D eigenvalue weighted by molar-refractivity contribution is 6.46. The zero-order valence-corrected chi connectivity index (χ0v) is 17.1. The first kappa shape index (κ1) is 21.4. The third-order valence-electron chi connectivity index (χ3n) is 4.93. The molecule has 7 nitrogen and oxygen atoms in total. The number of carbonyl (C=O) groups excluding carboxylic acids is 2. The molecular formula is C23H25NO6. The van der Waals surface area contributed by atoms with E-state index in [9.17, 15) is 24.9 Å². The first-order chi connectivity index (χ1) is 14.2. The van der Waals surface area contributed by atoms with Crippen molar-refractivity contribution in [3.8, 4) is 11.5 Å². The van der Waals surface area contributed by atoms with Crippen LogP contribution >= 0.6 is 0 Å². The van der Waals surface area contributed by atoms with Gasteiger partial charge in [0, 0.05) is 12.1 Å². The minimum Gasteiger partial charge on any atom is -0.507 e. The number of nitrogens with zero attached hydrogens (tertiary/aromatic N) is 1. The van der Waals surface area contributed by atoms with Crippen LogP contribution in [-0.2, 0) is 9.59 Å². The predicted molar refractivity (Wildman–Crippen MR) is 111 cm³/mol. The second-order valence-electron chi connectivity index (χ2n) is 7.33. The summed E-state index contributed by atoms with van der Waals surface area (Å²) in [5.74, 6) is -1.80. The van der Waals surface area contributed by atoms with Gasteiger partial charge in [-0.1, -0.05) is 35.9 Å². The molecule has 0 bridgehead atoms. The highest BCUT2D eigenvalue weighted by atomic mass is 16.5. The van der Waals surface area contributed by atoms with Gasteiger partial charge in [-0.25, -0.2) is 0 Å². The summed E-state index contributed by atoms with van der Waals surface area (Å²) in [6.45, 7) is 5.40. The Morgan fingerprint density at radius 1 is 1.17 bits per heavy atom. The van der Waals surface area contributed by atoms with Gasteiger partial charge in [-0.3, -0.25) is 9.59 Å². The Balaban J connectivity index is 2.20. The first-order valence-electron chi connectivity index (χ1n) is 9.73. The number of aliphatic hydroxyl groups excluding tert-OH is 2. The van der Waals surface area contributed by atoms with E-state index in [0.29, 0.717) is 17.7 Å². The van der Waals surface area contributed by atoms with Crippen LogP contribution in [0.2, 0.25) is 0 Å². The summed E-state index contributed by atoms with van der Waals surface area (Å²) >= 11 is 0. The van der Waals surface area contributed by atoms with Gasteiger partial charge in [0.2, 0.25) is 0 Å². The molecule has 1 saturated heterocycles. The van der Waals surface area contributed by atoms with Gasteiger partial charge in [-0.2, -0.15) is 0 Å². The normalized spacial score (nSPS) is 19.2. The quantitative estimate of drug-likeness (QED) is 0.383. The number of phenols is 1. The number of benzene rings is 2. The number of carbonyl (C=O) groups is 2. The molecule has 2 aromatic carbocycles.